The molecule has 1 aromatic carbocycles. The maximum absolute atomic E-state index is 5.18. The van der Waals surface area contributed by atoms with Crippen molar-refractivity contribution in [1.82, 2.24) is 9.97 Å². The van der Waals surface area contributed by atoms with Gasteiger partial charge in [-0.1, -0.05) is 30.3 Å². The Morgan fingerprint density at radius 1 is 1.24 bits per heavy atom. The summed E-state index contributed by atoms with van der Waals surface area (Å²) in [6, 6.07) is 10.5. The molecule has 0 aliphatic carbocycles. The molecule has 0 spiro atoms. The Labute approximate surface area is 127 Å². The van der Waals surface area contributed by atoms with E-state index >= 15 is 0 Å². The van der Waals surface area contributed by atoms with Gasteiger partial charge in [-0.15, -0.1) is 11.3 Å². The number of hydrogen-bond acceptors (Lipinski definition) is 5. The smallest absolute Gasteiger partial charge is 0.139 e. The molecule has 2 heterocycles. The third-order valence-corrected chi connectivity index (χ3v) is 4.14. The van der Waals surface area contributed by atoms with Crippen molar-refractivity contribution in [3.63, 3.8) is 0 Å². The van der Waals surface area contributed by atoms with Crippen LogP contribution < -0.4 is 5.32 Å². The third kappa shape index (κ3) is 2.89. The Balaban J connectivity index is 2.07. The van der Waals surface area contributed by atoms with E-state index < -0.39 is 0 Å². The van der Waals surface area contributed by atoms with Crippen molar-refractivity contribution in [3.8, 4) is 11.1 Å². The van der Waals surface area contributed by atoms with Crippen molar-refractivity contribution in [1.29, 1.82) is 0 Å². The van der Waals surface area contributed by atoms with Crippen LogP contribution in [0.2, 0.25) is 0 Å². The van der Waals surface area contributed by atoms with E-state index in [1.807, 2.05) is 18.2 Å². The van der Waals surface area contributed by atoms with Crippen molar-refractivity contribution in [2.24, 2.45) is 0 Å². The van der Waals surface area contributed by atoms with Crippen molar-refractivity contribution < 1.29 is 4.74 Å². The largest absolute Gasteiger partial charge is 0.383 e. The summed E-state index contributed by atoms with van der Waals surface area (Å²) in [7, 11) is 1.70. The minimum atomic E-state index is 0.191. The van der Waals surface area contributed by atoms with Gasteiger partial charge in [-0.2, -0.15) is 0 Å². The van der Waals surface area contributed by atoms with Gasteiger partial charge < -0.3 is 10.1 Å². The first-order valence-corrected chi connectivity index (χ1v) is 7.70. The number of fused-ring (bicyclic) bond motifs is 1. The van der Waals surface area contributed by atoms with Crippen LogP contribution >= 0.6 is 11.3 Å². The van der Waals surface area contributed by atoms with Gasteiger partial charge in [0.15, 0.2) is 0 Å². The van der Waals surface area contributed by atoms with Crippen LogP contribution in [-0.2, 0) is 4.74 Å². The van der Waals surface area contributed by atoms with Crippen LogP contribution in [0.1, 0.15) is 6.92 Å². The lowest BCUT2D eigenvalue weighted by molar-refractivity contribution is 0.190. The molecule has 3 aromatic rings. The Morgan fingerprint density at radius 2 is 2.05 bits per heavy atom. The van der Waals surface area contributed by atoms with Crippen molar-refractivity contribution >= 4 is 27.4 Å². The fraction of sp³-hybridized carbons (Fsp3) is 0.250. The summed E-state index contributed by atoms with van der Waals surface area (Å²) >= 11 is 1.64. The van der Waals surface area contributed by atoms with E-state index in [0.29, 0.717) is 6.61 Å². The molecule has 21 heavy (non-hydrogen) atoms. The second-order valence-corrected chi connectivity index (χ2v) is 5.78. The highest BCUT2D eigenvalue weighted by Crippen LogP contribution is 2.36. The lowest BCUT2D eigenvalue weighted by atomic mass is 10.1. The minimum Gasteiger partial charge on any atom is -0.383 e. The quantitative estimate of drug-likeness (QED) is 0.778. The molecule has 0 aliphatic rings. The summed E-state index contributed by atoms with van der Waals surface area (Å²) in [5, 5.41) is 6.63. The van der Waals surface area contributed by atoms with E-state index in [1.54, 1.807) is 24.8 Å². The van der Waals surface area contributed by atoms with Crippen LogP contribution in [0.3, 0.4) is 0 Å². The van der Waals surface area contributed by atoms with Gasteiger partial charge in [-0.05, 0) is 12.5 Å². The molecule has 1 atom stereocenters. The highest BCUT2D eigenvalue weighted by atomic mass is 32.1. The number of hydrogen-bond donors (Lipinski definition) is 1. The van der Waals surface area contributed by atoms with Crippen molar-refractivity contribution in [2.45, 2.75) is 13.0 Å². The Morgan fingerprint density at radius 3 is 2.81 bits per heavy atom. The summed E-state index contributed by atoms with van der Waals surface area (Å²) in [5.74, 6) is 0.865. The number of thiophene rings is 1. The standard InChI is InChI=1S/C16H17N3OS/c1-11(8-20-2)19-15-14-13(12-6-4-3-5-7-12)9-21-16(14)18-10-17-15/h3-7,9-11H,8H2,1-2H3,(H,17,18,19)/t11-/m1/s1. The normalized spacial score (nSPS) is 12.5. The average Bonchev–Trinajstić information content (AvgIpc) is 2.93. The molecule has 0 fully saturated rings. The molecule has 3 rings (SSSR count). The van der Waals surface area contributed by atoms with Gasteiger partial charge in [-0.3, -0.25) is 0 Å². The molecule has 0 radical (unpaired) electrons. The second kappa shape index (κ2) is 6.20. The number of nitrogens with one attached hydrogen (secondary N) is 1. The van der Waals surface area contributed by atoms with Gasteiger partial charge in [0.2, 0.25) is 0 Å². The zero-order valence-corrected chi connectivity index (χ0v) is 12.9. The van der Waals surface area contributed by atoms with Crippen LogP contribution in [0.4, 0.5) is 5.82 Å². The number of benzene rings is 1. The molecule has 0 aliphatic heterocycles. The number of ether oxygens (including phenoxy) is 1. The van der Waals surface area contributed by atoms with E-state index in [4.69, 9.17) is 4.74 Å². The number of aromatic nitrogens is 2. The fourth-order valence-electron chi connectivity index (χ4n) is 2.34. The van der Waals surface area contributed by atoms with E-state index in [1.165, 1.54) is 11.1 Å². The van der Waals surface area contributed by atoms with Crippen LogP contribution in [0, 0.1) is 0 Å². The molecule has 108 valence electrons. The van der Waals surface area contributed by atoms with E-state index in [-0.39, 0.29) is 6.04 Å². The maximum atomic E-state index is 5.18. The third-order valence-electron chi connectivity index (χ3n) is 3.25. The average molecular weight is 299 g/mol. The Hall–Kier alpha value is -1.98. The summed E-state index contributed by atoms with van der Waals surface area (Å²) in [6.07, 6.45) is 1.61. The molecule has 0 saturated carbocycles. The molecule has 5 heteroatoms. The van der Waals surface area contributed by atoms with E-state index in [9.17, 15) is 0 Å². The van der Waals surface area contributed by atoms with Gasteiger partial charge in [0, 0.05) is 24.1 Å². The highest BCUT2D eigenvalue weighted by Gasteiger charge is 2.14. The molecule has 0 saturated heterocycles. The SMILES string of the molecule is COC[C@@H](C)Nc1ncnc2scc(-c3ccccc3)c12. The second-order valence-electron chi connectivity index (χ2n) is 4.92. The predicted octanol–water partition coefficient (Wildman–Crippen LogP) is 3.81. The van der Waals surface area contributed by atoms with Gasteiger partial charge in [0.1, 0.15) is 17.0 Å². The number of anilines is 1. The van der Waals surface area contributed by atoms with Crippen molar-refractivity contribution in [2.75, 3.05) is 19.0 Å². The van der Waals surface area contributed by atoms with Gasteiger partial charge in [-0.25, -0.2) is 9.97 Å². The topological polar surface area (TPSA) is 47.0 Å². The lowest BCUT2D eigenvalue weighted by Gasteiger charge is -2.14. The zero-order valence-electron chi connectivity index (χ0n) is 12.0. The lowest BCUT2D eigenvalue weighted by Crippen LogP contribution is -2.21. The summed E-state index contributed by atoms with van der Waals surface area (Å²) in [5.41, 5.74) is 2.35. The highest BCUT2D eigenvalue weighted by molar-refractivity contribution is 7.17. The summed E-state index contributed by atoms with van der Waals surface area (Å²) < 4.78 is 5.18. The predicted molar refractivity (Wildman–Crippen MR) is 87.8 cm³/mol. The number of rotatable bonds is 5. The Kier molecular flexibility index (Phi) is 4.13. The van der Waals surface area contributed by atoms with E-state index in [0.717, 1.165) is 16.0 Å². The molecule has 0 bridgehead atoms. The van der Waals surface area contributed by atoms with Gasteiger partial charge in [0.25, 0.3) is 0 Å². The zero-order chi connectivity index (χ0) is 14.7. The van der Waals surface area contributed by atoms with Gasteiger partial charge >= 0.3 is 0 Å². The van der Waals surface area contributed by atoms with Crippen LogP contribution in [0.5, 0.6) is 0 Å². The first kappa shape index (κ1) is 14.0. The molecule has 1 N–H and O–H groups in total. The first-order valence-electron chi connectivity index (χ1n) is 6.82. The fourth-order valence-corrected chi connectivity index (χ4v) is 3.26. The van der Waals surface area contributed by atoms with Crippen LogP contribution in [0.25, 0.3) is 21.3 Å². The first-order chi connectivity index (χ1) is 10.3. The number of methoxy groups -OCH3 is 1. The molecular formula is C16H17N3OS. The summed E-state index contributed by atoms with van der Waals surface area (Å²) in [4.78, 5) is 9.79. The summed E-state index contributed by atoms with van der Waals surface area (Å²) in [6.45, 7) is 2.71. The van der Waals surface area contributed by atoms with Gasteiger partial charge in [0.05, 0.1) is 12.0 Å². The maximum Gasteiger partial charge on any atom is 0.139 e. The molecule has 2 aromatic heterocycles. The van der Waals surface area contributed by atoms with Crippen LogP contribution in [0.15, 0.2) is 42.0 Å². The molecular weight excluding hydrogens is 282 g/mol. The minimum absolute atomic E-state index is 0.191. The number of nitrogens with zero attached hydrogens (tertiary/aromatic N) is 2. The molecule has 0 unspecified atom stereocenters. The molecule has 0 amide bonds. The molecule has 4 nitrogen and oxygen atoms in total. The van der Waals surface area contributed by atoms with E-state index in [2.05, 4.69) is 39.7 Å². The monoisotopic (exact) mass is 299 g/mol. The Bertz CT molecular complexity index is 727. The van der Waals surface area contributed by atoms with Crippen LogP contribution in [-0.4, -0.2) is 29.7 Å². The van der Waals surface area contributed by atoms with Crippen molar-refractivity contribution in [3.05, 3.63) is 42.0 Å².